The van der Waals surface area contributed by atoms with Crippen molar-refractivity contribution in [3.05, 3.63) is 56.6 Å². The molecular weight excluding hydrogens is 361 g/mol. The van der Waals surface area contributed by atoms with Crippen molar-refractivity contribution in [2.45, 2.75) is 19.3 Å². The smallest absolute Gasteiger partial charge is 0.251 e. The van der Waals surface area contributed by atoms with Gasteiger partial charge in [0.15, 0.2) is 0 Å². The van der Waals surface area contributed by atoms with Crippen molar-refractivity contribution in [2.24, 2.45) is 0 Å². The Morgan fingerprint density at radius 2 is 1.92 bits per heavy atom. The highest BCUT2D eigenvalue weighted by atomic mass is 35.5. The van der Waals surface area contributed by atoms with Crippen molar-refractivity contribution in [1.29, 1.82) is 0 Å². The number of fused-ring (bicyclic) bond motifs is 2. The zero-order valence-electron chi connectivity index (χ0n) is 13.5. The van der Waals surface area contributed by atoms with Crippen molar-refractivity contribution in [3.8, 4) is 11.5 Å². The maximum Gasteiger partial charge on any atom is 0.251 e. The van der Waals surface area contributed by atoms with E-state index in [-0.39, 0.29) is 5.91 Å². The van der Waals surface area contributed by atoms with E-state index in [9.17, 15) is 4.79 Å². The van der Waals surface area contributed by atoms with E-state index in [0.29, 0.717) is 41.8 Å². The van der Waals surface area contributed by atoms with Gasteiger partial charge in [-0.2, -0.15) is 0 Å². The molecule has 1 N–H and O–H groups in total. The highest BCUT2D eigenvalue weighted by Crippen LogP contribution is 2.40. The molecule has 2 aliphatic rings. The number of hydrogen-bond acceptors (Lipinski definition) is 3. The van der Waals surface area contributed by atoms with E-state index in [0.717, 1.165) is 29.9 Å². The first-order valence-corrected chi connectivity index (χ1v) is 9.05. The van der Waals surface area contributed by atoms with Gasteiger partial charge in [-0.3, -0.25) is 4.79 Å². The van der Waals surface area contributed by atoms with Gasteiger partial charge in [-0.05, 0) is 30.7 Å². The first kappa shape index (κ1) is 16.6. The van der Waals surface area contributed by atoms with Gasteiger partial charge in [0.25, 0.3) is 5.91 Å². The summed E-state index contributed by atoms with van der Waals surface area (Å²) in [6.45, 7) is 1.94. The molecule has 0 aromatic heterocycles. The summed E-state index contributed by atoms with van der Waals surface area (Å²) in [6.07, 6.45) is 2.51. The molecule has 2 aromatic carbocycles. The van der Waals surface area contributed by atoms with Crippen LogP contribution in [0.3, 0.4) is 0 Å². The van der Waals surface area contributed by atoms with Crippen molar-refractivity contribution in [2.75, 3.05) is 19.8 Å². The Hall–Kier alpha value is -1.91. The van der Waals surface area contributed by atoms with E-state index in [4.69, 9.17) is 32.7 Å². The zero-order valence-corrected chi connectivity index (χ0v) is 15.0. The number of hydrogen-bond donors (Lipinski definition) is 1. The van der Waals surface area contributed by atoms with Crippen LogP contribution in [-0.4, -0.2) is 25.7 Å². The fourth-order valence-corrected chi connectivity index (χ4v) is 3.69. The third-order valence-electron chi connectivity index (χ3n) is 4.60. The number of carbonyl (C=O) groups is 1. The molecule has 25 heavy (non-hydrogen) atoms. The zero-order chi connectivity index (χ0) is 17.4. The van der Waals surface area contributed by atoms with Gasteiger partial charge in [0.05, 0.1) is 23.3 Å². The molecule has 1 amide bonds. The molecule has 0 atom stereocenters. The van der Waals surface area contributed by atoms with Gasteiger partial charge in [0.1, 0.15) is 11.5 Å². The minimum Gasteiger partial charge on any atom is -0.493 e. The fourth-order valence-electron chi connectivity index (χ4n) is 3.39. The Bertz CT molecular complexity index is 819. The minimum atomic E-state index is -0.167. The number of carbonyl (C=O) groups excluding carboxylic acids is 1. The summed E-state index contributed by atoms with van der Waals surface area (Å²) in [5, 5.41) is 3.75. The second kappa shape index (κ2) is 6.77. The van der Waals surface area contributed by atoms with E-state index in [1.807, 2.05) is 0 Å². The van der Waals surface area contributed by atoms with Crippen molar-refractivity contribution in [3.63, 3.8) is 0 Å². The maximum absolute atomic E-state index is 12.3. The van der Waals surface area contributed by atoms with Gasteiger partial charge in [-0.1, -0.05) is 23.2 Å². The first-order chi connectivity index (χ1) is 12.1. The standard InChI is InChI=1S/C19H17Cl2NO3/c20-15-2-1-12(9-16(15)21)19(23)22-6-3-14-13-5-8-24-17(13)10-11-4-7-25-18(11)14/h1-2,9-10H,3-8H2,(H,22,23). The number of amides is 1. The van der Waals surface area contributed by atoms with E-state index in [1.54, 1.807) is 18.2 Å². The van der Waals surface area contributed by atoms with Crippen LogP contribution in [0.1, 0.15) is 27.0 Å². The first-order valence-electron chi connectivity index (χ1n) is 8.30. The predicted octanol–water partition coefficient (Wildman–Crippen LogP) is 3.84. The number of halogens is 2. The summed E-state index contributed by atoms with van der Waals surface area (Å²) in [5.74, 6) is 1.78. The van der Waals surface area contributed by atoms with Crippen LogP contribution in [0.2, 0.25) is 10.0 Å². The van der Waals surface area contributed by atoms with Gasteiger partial charge >= 0.3 is 0 Å². The molecule has 0 unspecified atom stereocenters. The average Bonchev–Trinajstić information content (AvgIpc) is 3.25. The summed E-state index contributed by atoms with van der Waals surface area (Å²) in [4.78, 5) is 12.3. The molecule has 2 heterocycles. The highest BCUT2D eigenvalue weighted by molar-refractivity contribution is 6.42. The topological polar surface area (TPSA) is 47.6 Å². The number of nitrogens with one attached hydrogen (secondary N) is 1. The minimum absolute atomic E-state index is 0.167. The second-order valence-electron chi connectivity index (χ2n) is 6.15. The molecule has 4 nitrogen and oxygen atoms in total. The Kier molecular flexibility index (Phi) is 4.48. The van der Waals surface area contributed by atoms with Crippen molar-refractivity contribution >= 4 is 29.1 Å². The quantitative estimate of drug-likeness (QED) is 0.880. The van der Waals surface area contributed by atoms with Crippen LogP contribution in [0.4, 0.5) is 0 Å². The molecule has 0 bridgehead atoms. The molecule has 4 rings (SSSR count). The molecule has 2 aliphatic heterocycles. The van der Waals surface area contributed by atoms with E-state index in [1.165, 1.54) is 11.1 Å². The van der Waals surface area contributed by atoms with Crippen LogP contribution in [0.15, 0.2) is 24.3 Å². The molecule has 130 valence electrons. The fraction of sp³-hybridized carbons (Fsp3) is 0.316. The molecular formula is C19H17Cl2NO3. The maximum atomic E-state index is 12.3. The average molecular weight is 378 g/mol. The number of ether oxygens (including phenoxy) is 2. The molecule has 0 saturated heterocycles. The Labute approximate surface area is 156 Å². The Morgan fingerprint density at radius 1 is 1.08 bits per heavy atom. The van der Waals surface area contributed by atoms with Crippen molar-refractivity contribution in [1.82, 2.24) is 5.32 Å². The molecule has 0 radical (unpaired) electrons. The lowest BCUT2D eigenvalue weighted by atomic mass is 9.97. The summed E-state index contributed by atoms with van der Waals surface area (Å²) >= 11 is 11.9. The van der Waals surface area contributed by atoms with Crippen LogP contribution in [0, 0.1) is 0 Å². The van der Waals surface area contributed by atoms with Crippen LogP contribution in [-0.2, 0) is 19.3 Å². The van der Waals surface area contributed by atoms with Crippen molar-refractivity contribution < 1.29 is 14.3 Å². The highest BCUT2D eigenvalue weighted by Gasteiger charge is 2.26. The van der Waals surface area contributed by atoms with Gasteiger partial charge in [-0.15, -0.1) is 0 Å². The van der Waals surface area contributed by atoms with Gasteiger partial charge in [-0.25, -0.2) is 0 Å². The molecule has 0 saturated carbocycles. The third kappa shape index (κ3) is 3.16. The summed E-state index contributed by atoms with van der Waals surface area (Å²) < 4.78 is 11.5. The van der Waals surface area contributed by atoms with Crippen LogP contribution in [0.25, 0.3) is 0 Å². The van der Waals surface area contributed by atoms with Gasteiger partial charge in [0.2, 0.25) is 0 Å². The van der Waals surface area contributed by atoms with E-state index < -0.39 is 0 Å². The third-order valence-corrected chi connectivity index (χ3v) is 5.34. The lowest BCUT2D eigenvalue weighted by Gasteiger charge is -2.13. The van der Waals surface area contributed by atoms with Gasteiger partial charge < -0.3 is 14.8 Å². The van der Waals surface area contributed by atoms with Crippen LogP contribution < -0.4 is 14.8 Å². The SMILES string of the molecule is O=C(NCCc1c2c(cc3c1OCC3)OCC2)c1ccc(Cl)c(Cl)c1. The lowest BCUT2D eigenvalue weighted by molar-refractivity contribution is 0.0954. The summed E-state index contributed by atoms with van der Waals surface area (Å²) in [5.41, 5.74) is 4.07. The molecule has 0 spiro atoms. The number of rotatable bonds is 4. The lowest BCUT2D eigenvalue weighted by Crippen LogP contribution is -2.26. The monoisotopic (exact) mass is 377 g/mol. The van der Waals surface area contributed by atoms with Crippen LogP contribution in [0.5, 0.6) is 11.5 Å². The van der Waals surface area contributed by atoms with Gasteiger partial charge in [0, 0.05) is 41.6 Å². The number of benzene rings is 2. The molecule has 0 aliphatic carbocycles. The predicted molar refractivity (Wildman–Crippen MR) is 97.3 cm³/mol. The Morgan fingerprint density at radius 3 is 2.76 bits per heavy atom. The Balaban J connectivity index is 1.47. The second-order valence-corrected chi connectivity index (χ2v) is 6.97. The van der Waals surface area contributed by atoms with E-state index >= 15 is 0 Å². The van der Waals surface area contributed by atoms with Crippen LogP contribution >= 0.6 is 23.2 Å². The normalized spacial score (nSPS) is 14.5. The molecule has 2 aromatic rings. The van der Waals surface area contributed by atoms with E-state index in [2.05, 4.69) is 11.4 Å². The molecule has 0 fully saturated rings. The summed E-state index contributed by atoms with van der Waals surface area (Å²) in [6, 6.07) is 6.97. The summed E-state index contributed by atoms with van der Waals surface area (Å²) in [7, 11) is 0. The molecule has 6 heteroatoms. The largest absolute Gasteiger partial charge is 0.493 e.